The highest BCUT2D eigenvalue weighted by atomic mass is 16.5. The van der Waals surface area contributed by atoms with Crippen LogP contribution >= 0.6 is 0 Å². The Hall–Kier alpha value is -0.810. The number of likely N-dealkylation sites (tertiary alicyclic amines) is 1. The third-order valence-electron chi connectivity index (χ3n) is 4.57. The van der Waals surface area contributed by atoms with Crippen molar-refractivity contribution in [1.82, 2.24) is 15.1 Å². The number of hydrogen-bond donors (Lipinski definition) is 1. The van der Waals surface area contributed by atoms with E-state index in [2.05, 4.69) is 34.1 Å². The minimum Gasteiger partial charge on any atom is -0.379 e. The van der Waals surface area contributed by atoms with Crippen molar-refractivity contribution in [2.45, 2.75) is 32.6 Å². The van der Waals surface area contributed by atoms with Crippen LogP contribution in [0, 0.1) is 11.8 Å². The van der Waals surface area contributed by atoms with Crippen molar-refractivity contribution in [3.8, 4) is 0 Å². The van der Waals surface area contributed by atoms with E-state index in [1.165, 1.54) is 45.3 Å². The molecule has 0 spiro atoms. The summed E-state index contributed by atoms with van der Waals surface area (Å²) >= 11 is 0. The summed E-state index contributed by atoms with van der Waals surface area (Å²) in [6.07, 6.45) is 5.44. The van der Waals surface area contributed by atoms with Crippen LogP contribution in [0.4, 0.5) is 0 Å². The number of aliphatic imine (C=N–C) groups is 1. The Morgan fingerprint density at radius 1 is 1.36 bits per heavy atom. The highest BCUT2D eigenvalue weighted by Gasteiger charge is 2.21. The monoisotopic (exact) mass is 310 g/mol. The van der Waals surface area contributed by atoms with E-state index in [-0.39, 0.29) is 0 Å². The molecule has 1 unspecified atom stereocenters. The van der Waals surface area contributed by atoms with Gasteiger partial charge in [-0.2, -0.15) is 0 Å². The van der Waals surface area contributed by atoms with Gasteiger partial charge < -0.3 is 19.9 Å². The van der Waals surface area contributed by atoms with Crippen LogP contribution in [0.1, 0.15) is 32.6 Å². The van der Waals surface area contributed by atoms with Crippen molar-refractivity contribution >= 4 is 5.96 Å². The third-order valence-corrected chi connectivity index (χ3v) is 4.57. The largest absolute Gasteiger partial charge is 0.379 e. The molecule has 22 heavy (non-hydrogen) atoms. The van der Waals surface area contributed by atoms with Gasteiger partial charge in [0, 0.05) is 40.3 Å². The van der Waals surface area contributed by atoms with Crippen LogP contribution in [-0.2, 0) is 4.74 Å². The molecule has 0 aromatic rings. The Morgan fingerprint density at radius 2 is 2.09 bits per heavy atom. The Kier molecular flexibility index (Phi) is 7.46. The van der Waals surface area contributed by atoms with E-state index >= 15 is 0 Å². The first-order valence-corrected chi connectivity index (χ1v) is 8.91. The van der Waals surface area contributed by atoms with E-state index in [1.807, 2.05) is 7.05 Å². The molecule has 1 heterocycles. The number of nitrogens with zero attached hydrogens (tertiary/aromatic N) is 3. The van der Waals surface area contributed by atoms with E-state index in [0.717, 1.165) is 38.2 Å². The van der Waals surface area contributed by atoms with Crippen molar-refractivity contribution in [3.05, 3.63) is 0 Å². The summed E-state index contributed by atoms with van der Waals surface area (Å²) in [6.45, 7) is 9.66. The first kappa shape index (κ1) is 17.5. The van der Waals surface area contributed by atoms with Gasteiger partial charge in [0.05, 0.1) is 6.61 Å². The van der Waals surface area contributed by atoms with Crippen LogP contribution in [0.2, 0.25) is 0 Å². The van der Waals surface area contributed by atoms with Gasteiger partial charge >= 0.3 is 0 Å². The predicted molar refractivity (Wildman–Crippen MR) is 92.4 cm³/mol. The third kappa shape index (κ3) is 6.53. The predicted octanol–water partition coefficient (Wildman–Crippen LogP) is 1.65. The molecule has 1 saturated heterocycles. The normalized spacial score (nSPS) is 21.1. The molecule has 5 heteroatoms. The van der Waals surface area contributed by atoms with Gasteiger partial charge in [-0.15, -0.1) is 0 Å². The average molecular weight is 310 g/mol. The van der Waals surface area contributed by atoms with Crippen LogP contribution in [-0.4, -0.2) is 75.8 Å². The average Bonchev–Trinajstić information content (AvgIpc) is 3.20. The molecular weight excluding hydrogens is 276 g/mol. The summed E-state index contributed by atoms with van der Waals surface area (Å²) in [5.41, 5.74) is 0. The molecule has 0 amide bonds. The SMILES string of the molecule is CN=C(NCC(C)CN1CCCC1)N(C)CCOCC1CC1. The fraction of sp³-hybridized carbons (Fsp3) is 0.941. The van der Waals surface area contributed by atoms with E-state index in [1.54, 1.807) is 0 Å². The molecule has 2 aliphatic rings. The van der Waals surface area contributed by atoms with Crippen molar-refractivity contribution in [1.29, 1.82) is 0 Å². The topological polar surface area (TPSA) is 40.1 Å². The molecule has 1 aliphatic heterocycles. The quantitative estimate of drug-likeness (QED) is 0.399. The maximum Gasteiger partial charge on any atom is 0.193 e. The van der Waals surface area contributed by atoms with Gasteiger partial charge in [-0.05, 0) is 50.6 Å². The first-order chi connectivity index (χ1) is 10.7. The summed E-state index contributed by atoms with van der Waals surface area (Å²) in [5.74, 6) is 2.46. The molecule has 0 radical (unpaired) electrons. The molecule has 1 N–H and O–H groups in total. The van der Waals surface area contributed by atoms with Crippen molar-refractivity contribution in [2.24, 2.45) is 16.8 Å². The fourth-order valence-electron chi connectivity index (χ4n) is 2.96. The number of hydrogen-bond acceptors (Lipinski definition) is 3. The Morgan fingerprint density at radius 3 is 2.73 bits per heavy atom. The second-order valence-electron chi connectivity index (χ2n) is 6.98. The number of ether oxygens (including phenoxy) is 1. The van der Waals surface area contributed by atoms with E-state index in [0.29, 0.717) is 5.92 Å². The lowest BCUT2D eigenvalue weighted by Crippen LogP contribution is -2.43. The van der Waals surface area contributed by atoms with Crippen LogP contribution < -0.4 is 5.32 Å². The Labute approximate surface area is 136 Å². The highest BCUT2D eigenvalue weighted by molar-refractivity contribution is 5.79. The van der Waals surface area contributed by atoms with Crippen LogP contribution in [0.3, 0.4) is 0 Å². The second-order valence-corrected chi connectivity index (χ2v) is 6.98. The smallest absolute Gasteiger partial charge is 0.193 e. The number of nitrogens with one attached hydrogen (secondary N) is 1. The molecule has 0 bridgehead atoms. The molecule has 2 rings (SSSR count). The molecule has 1 saturated carbocycles. The zero-order chi connectivity index (χ0) is 15.8. The lowest BCUT2D eigenvalue weighted by molar-refractivity contribution is 0.115. The summed E-state index contributed by atoms with van der Waals surface area (Å²) < 4.78 is 5.71. The number of rotatable bonds is 9. The van der Waals surface area contributed by atoms with E-state index < -0.39 is 0 Å². The highest BCUT2D eigenvalue weighted by Crippen LogP contribution is 2.28. The summed E-state index contributed by atoms with van der Waals surface area (Å²) in [4.78, 5) is 9.12. The first-order valence-electron chi connectivity index (χ1n) is 8.91. The number of likely N-dealkylation sites (N-methyl/N-ethyl adjacent to an activating group) is 1. The Bertz CT molecular complexity index is 338. The van der Waals surface area contributed by atoms with Gasteiger partial charge in [-0.25, -0.2) is 0 Å². The lowest BCUT2D eigenvalue weighted by atomic mass is 10.1. The van der Waals surface area contributed by atoms with Gasteiger partial charge in [-0.1, -0.05) is 6.92 Å². The van der Waals surface area contributed by atoms with Gasteiger partial charge in [0.1, 0.15) is 0 Å². The minimum atomic E-state index is 0.648. The maximum atomic E-state index is 5.71. The van der Waals surface area contributed by atoms with Crippen LogP contribution in [0.15, 0.2) is 4.99 Å². The summed E-state index contributed by atoms with van der Waals surface area (Å²) in [6, 6.07) is 0. The second kappa shape index (κ2) is 9.36. The molecule has 1 aliphatic carbocycles. The maximum absolute atomic E-state index is 5.71. The van der Waals surface area contributed by atoms with Gasteiger partial charge in [-0.3, -0.25) is 4.99 Å². The summed E-state index contributed by atoms with van der Waals surface area (Å²) in [5, 5.41) is 3.50. The molecule has 1 atom stereocenters. The van der Waals surface area contributed by atoms with Crippen molar-refractivity contribution in [3.63, 3.8) is 0 Å². The lowest BCUT2D eigenvalue weighted by Gasteiger charge is -2.25. The number of guanidine groups is 1. The van der Waals surface area contributed by atoms with Crippen molar-refractivity contribution in [2.75, 3.05) is 60.0 Å². The Balaban J connectivity index is 1.57. The molecule has 0 aromatic heterocycles. The van der Waals surface area contributed by atoms with E-state index in [4.69, 9.17) is 4.74 Å². The molecule has 0 aromatic carbocycles. The van der Waals surface area contributed by atoms with Crippen LogP contribution in [0.5, 0.6) is 0 Å². The zero-order valence-corrected chi connectivity index (χ0v) is 14.7. The minimum absolute atomic E-state index is 0.648. The standard InChI is InChI=1S/C17H34N4O/c1-15(13-21-8-4-5-9-21)12-19-17(18-2)20(3)10-11-22-14-16-6-7-16/h15-16H,4-14H2,1-3H3,(H,18,19). The van der Waals surface area contributed by atoms with E-state index in [9.17, 15) is 0 Å². The van der Waals surface area contributed by atoms with Crippen molar-refractivity contribution < 1.29 is 4.74 Å². The fourth-order valence-corrected chi connectivity index (χ4v) is 2.96. The molecule has 128 valence electrons. The molecule has 5 nitrogen and oxygen atoms in total. The zero-order valence-electron chi connectivity index (χ0n) is 14.7. The van der Waals surface area contributed by atoms with Gasteiger partial charge in [0.25, 0.3) is 0 Å². The summed E-state index contributed by atoms with van der Waals surface area (Å²) in [7, 11) is 3.94. The van der Waals surface area contributed by atoms with Gasteiger partial charge in [0.2, 0.25) is 0 Å². The van der Waals surface area contributed by atoms with Gasteiger partial charge in [0.15, 0.2) is 5.96 Å². The molecular formula is C17H34N4O. The van der Waals surface area contributed by atoms with Crippen LogP contribution in [0.25, 0.3) is 0 Å². The molecule has 2 fully saturated rings.